The number of hydrogen-bond acceptors (Lipinski definition) is 2. The zero-order valence-electron chi connectivity index (χ0n) is 8.84. The third kappa shape index (κ3) is 2.11. The van der Waals surface area contributed by atoms with Gasteiger partial charge >= 0.3 is 0 Å². The van der Waals surface area contributed by atoms with Crippen molar-refractivity contribution in [2.24, 2.45) is 17.3 Å². The molecule has 0 bridgehead atoms. The summed E-state index contributed by atoms with van der Waals surface area (Å²) in [5.74, 6) is 1.37. The number of aliphatic hydroxyl groups excluding tert-OH is 1. The van der Waals surface area contributed by atoms with Gasteiger partial charge in [-0.05, 0) is 24.7 Å². The first-order valence-corrected chi connectivity index (χ1v) is 5.14. The zero-order chi connectivity index (χ0) is 10.1. The van der Waals surface area contributed by atoms with Gasteiger partial charge in [-0.25, -0.2) is 0 Å². The van der Waals surface area contributed by atoms with E-state index >= 15 is 0 Å². The Balaban J connectivity index is 2.62. The molecule has 76 valence electrons. The van der Waals surface area contributed by atoms with Gasteiger partial charge in [0.15, 0.2) is 0 Å². The molecule has 0 unspecified atom stereocenters. The predicted octanol–water partition coefficient (Wildman–Crippen LogP) is 2.01. The average Bonchev–Trinajstić information content (AvgIpc) is 2.09. The second kappa shape index (κ2) is 3.79. The second-order valence-corrected chi connectivity index (χ2v) is 4.89. The summed E-state index contributed by atoms with van der Waals surface area (Å²) in [6.07, 6.45) is 2.60. The molecule has 1 aliphatic rings. The molecule has 0 aliphatic heterocycles. The van der Waals surface area contributed by atoms with E-state index in [1.165, 1.54) is 0 Å². The number of ketones is 1. The van der Waals surface area contributed by atoms with Gasteiger partial charge in [0, 0.05) is 11.8 Å². The highest BCUT2D eigenvalue weighted by molar-refractivity contribution is 5.85. The molecule has 1 saturated carbocycles. The fraction of sp³-hybridized carbons (Fsp3) is 0.909. The van der Waals surface area contributed by atoms with Crippen molar-refractivity contribution >= 4 is 5.78 Å². The van der Waals surface area contributed by atoms with Crippen molar-refractivity contribution in [3.05, 3.63) is 0 Å². The van der Waals surface area contributed by atoms with Crippen LogP contribution in [0.5, 0.6) is 0 Å². The molecule has 13 heavy (non-hydrogen) atoms. The first-order chi connectivity index (χ1) is 5.99. The van der Waals surface area contributed by atoms with Crippen LogP contribution in [0.25, 0.3) is 0 Å². The van der Waals surface area contributed by atoms with Gasteiger partial charge in [0.05, 0.1) is 6.61 Å². The number of Topliss-reactive ketones (excluding diaryl/α,β-unsaturated/α-hetero) is 1. The molecular formula is C11H20O2. The van der Waals surface area contributed by atoms with E-state index in [4.69, 9.17) is 5.11 Å². The number of aliphatic hydroxyl groups is 1. The lowest BCUT2D eigenvalue weighted by Gasteiger charge is -2.35. The number of carbonyl (C=O) groups is 1. The molecule has 0 saturated heterocycles. The van der Waals surface area contributed by atoms with Crippen LogP contribution in [0.2, 0.25) is 0 Å². The van der Waals surface area contributed by atoms with Gasteiger partial charge in [-0.2, -0.15) is 0 Å². The van der Waals surface area contributed by atoms with Gasteiger partial charge in [-0.15, -0.1) is 0 Å². The topological polar surface area (TPSA) is 37.3 Å². The molecule has 0 aromatic carbocycles. The van der Waals surface area contributed by atoms with E-state index in [1.807, 2.05) is 6.92 Å². The normalized spacial score (nSPS) is 35.5. The van der Waals surface area contributed by atoms with Crippen LogP contribution in [0.15, 0.2) is 0 Å². The van der Waals surface area contributed by atoms with Crippen LogP contribution in [0.3, 0.4) is 0 Å². The number of hydrogen-bond donors (Lipinski definition) is 1. The smallest absolute Gasteiger partial charge is 0.141 e. The summed E-state index contributed by atoms with van der Waals surface area (Å²) >= 11 is 0. The third-order valence-corrected chi connectivity index (χ3v) is 3.48. The maximum absolute atomic E-state index is 11.7. The largest absolute Gasteiger partial charge is 0.395 e. The molecular weight excluding hydrogens is 164 g/mol. The first-order valence-electron chi connectivity index (χ1n) is 5.14. The minimum absolute atomic E-state index is 0.0106. The van der Waals surface area contributed by atoms with Crippen molar-refractivity contribution in [1.82, 2.24) is 0 Å². The maximum atomic E-state index is 11.7. The van der Waals surface area contributed by atoms with Crippen LogP contribution in [0.1, 0.15) is 40.0 Å². The summed E-state index contributed by atoms with van der Waals surface area (Å²) < 4.78 is 0. The highest BCUT2D eigenvalue weighted by atomic mass is 16.3. The molecule has 1 aliphatic carbocycles. The lowest BCUT2D eigenvalue weighted by molar-refractivity contribution is -0.135. The Hall–Kier alpha value is -0.370. The van der Waals surface area contributed by atoms with Crippen molar-refractivity contribution in [2.75, 3.05) is 6.61 Å². The molecule has 2 heteroatoms. The van der Waals surface area contributed by atoms with E-state index in [0.717, 1.165) is 12.8 Å². The Morgan fingerprint density at radius 3 is 2.62 bits per heavy atom. The van der Waals surface area contributed by atoms with Crippen LogP contribution >= 0.6 is 0 Å². The minimum atomic E-state index is -0.439. The fourth-order valence-electron chi connectivity index (χ4n) is 1.97. The van der Waals surface area contributed by atoms with Crippen LogP contribution in [0, 0.1) is 17.3 Å². The Kier molecular flexibility index (Phi) is 3.12. The number of rotatable bonds is 2. The molecule has 1 N–H and O–H groups in total. The van der Waals surface area contributed by atoms with E-state index in [-0.39, 0.29) is 12.4 Å². The van der Waals surface area contributed by atoms with Crippen molar-refractivity contribution in [2.45, 2.75) is 40.0 Å². The third-order valence-electron chi connectivity index (χ3n) is 3.48. The first kappa shape index (κ1) is 10.7. The Morgan fingerprint density at radius 2 is 2.23 bits per heavy atom. The lowest BCUT2D eigenvalue weighted by atomic mass is 9.68. The summed E-state index contributed by atoms with van der Waals surface area (Å²) in [6.45, 7) is 6.22. The van der Waals surface area contributed by atoms with E-state index in [1.54, 1.807) is 0 Å². The molecule has 0 heterocycles. The van der Waals surface area contributed by atoms with Crippen molar-refractivity contribution in [1.29, 1.82) is 0 Å². The van der Waals surface area contributed by atoms with E-state index < -0.39 is 5.41 Å². The molecule has 0 aromatic rings. The van der Waals surface area contributed by atoms with Gasteiger partial charge in [0.2, 0.25) is 0 Å². The highest BCUT2D eigenvalue weighted by Crippen LogP contribution is 2.38. The Labute approximate surface area is 80.3 Å². The van der Waals surface area contributed by atoms with E-state index in [0.29, 0.717) is 18.3 Å². The average molecular weight is 184 g/mol. The summed E-state index contributed by atoms with van der Waals surface area (Å²) in [7, 11) is 0. The van der Waals surface area contributed by atoms with Crippen LogP contribution in [0.4, 0.5) is 0 Å². The molecule has 2 nitrogen and oxygen atoms in total. The molecule has 0 radical (unpaired) electrons. The molecule has 0 amide bonds. The Morgan fingerprint density at radius 1 is 1.62 bits per heavy atom. The van der Waals surface area contributed by atoms with E-state index in [9.17, 15) is 4.79 Å². The van der Waals surface area contributed by atoms with Crippen LogP contribution < -0.4 is 0 Å². The van der Waals surface area contributed by atoms with Crippen molar-refractivity contribution < 1.29 is 9.90 Å². The highest BCUT2D eigenvalue weighted by Gasteiger charge is 2.38. The van der Waals surface area contributed by atoms with Gasteiger partial charge in [0.1, 0.15) is 5.78 Å². The van der Waals surface area contributed by atoms with Crippen molar-refractivity contribution in [3.8, 4) is 0 Å². The summed E-state index contributed by atoms with van der Waals surface area (Å²) in [4.78, 5) is 11.7. The molecule has 1 rings (SSSR count). The lowest BCUT2D eigenvalue weighted by Crippen LogP contribution is -2.38. The minimum Gasteiger partial charge on any atom is -0.395 e. The van der Waals surface area contributed by atoms with Gasteiger partial charge in [-0.3, -0.25) is 4.79 Å². The maximum Gasteiger partial charge on any atom is 0.141 e. The monoisotopic (exact) mass is 184 g/mol. The zero-order valence-corrected chi connectivity index (χ0v) is 8.84. The second-order valence-electron chi connectivity index (χ2n) is 4.89. The molecule has 2 atom stereocenters. The van der Waals surface area contributed by atoms with Crippen molar-refractivity contribution in [3.63, 3.8) is 0 Å². The van der Waals surface area contributed by atoms with Gasteiger partial charge in [0.25, 0.3) is 0 Å². The number of carbonyl (C=O) groups excluding carboxylic acids is 1. The van der Waals surface area contributed by atoms with Crippen LogP contribution in [-0.4, -0.2) is 17.5 Å². The van der Waals surface area contributed by atoms with Crippen LogP contribution in [-0.2, 0) is 4.79 Å². The quantitative estimate of drug-likeness (QED) is 0.712. The standard InChI is InChI=1S/C11H20O2/c1-8(2)9-4-5-11(3,7-12)10(13)6-9/h8-9,12H,4-7H2,1-3H3/t9-,11-/m0/s1. The van der Waals surface area contributed by atoms with Gasteiger partial charge < -0.3 is 5.11 Å². The Bertz CT molecular complexity index is 198. The van der Waals surface area contributed by atoms with E-state index in [2.05, 4.69) is 13.8 Å². The SMILES string of the molecule is CC(C)[C@H]1CC[C@@](C)(CO)C(=O)C1. The predicted molar refractivity (Wildman–Crippen MR) is 52.4 cm³/mol. The molecule has 0 aromatic heterocycles. The molecule has 0 spiro atoms. The summed E-state index contributed by atoms with van der Waals surface area (Å²) in [5, 5.41) is 9.12. The fourth-order valence-corrected chi connectivity index (χ4v) is 1.97. The summed E-state index contributed by atoms with van der Waals surface area (Å²) in [6, 6.07) is 0. The van der Waals surface area contributed by atoms with Gasteiger partial charge in [-0.1, -0.05) is 20.8 Å². The summed E-state index contributed by atoms with van der Waals surface area (Å²) in [5.41, 5.74) is -0.439. The molecule has 1 fully saturated rings.